The third kappa shape index (κ3) is 5.23. The molecule has 0 saturated carbocycles. The smallest absolute Gasteiger partial charge is 0.158 e. The summed E-state index contributed by atoms with van der Waals surface area (Å²) in [4.78, 5) is 25.9. The van der Waals surface area contributed by atoms with Crippen molar-refractivity contribution in [2.24, 2.45) is 9.98 Å². The number of aromatic nitrogens is 1. The summed E-state index contributed by atoms with van der Waals surface area (Å²) in [7, 11) is 1.72. The molecule has 6 heteroatoms. The number of methoxy groups -OCH3 is 1. The van der Waals surface area contributed by atoms with Gasteiger partial charge in [0.25, 0.3) is 0 Å². The molecule has 0 bridgehead atoms. The Morgan fingerprint density at radius 3 is 3.00 bits per heavy atom. The van der Waals surface area contributed by atoms with E-state index < -0.39 is 0 Å². The highest BCUT2D eigenvalue weighted by molar-refractivity contribution is 8.16. The van der Waals surface area contributed by atoms with Crippen LogP contribution in [-0.4, -0.2) is 46.5 Å². The van der Waals surface area contributed by atoms with Crippen LogP contribution in [0.5, 0.6) is 0 Å². The number of ketones is 1. The van der Waals surface area contributed by atoms with Crippen LogP contribution in [0.25, 0.3) is 0 Å². The second kappa shape index (κ2) is 9.24. The zero-order valence-electron chi connectivity index (χ0n) is 16.0. The molecule has 3 rings (SSSR count). The van der Waals surface area contributed by atoms with E-state index in [-0.39, 0.29) is 17.9 Å². The van der Waals surface area contributed by atoms with Crippen LogP contribution in [0, 0.1) is 0 Å². The highest BCUT2D eigenvalue weighted by Crippen LogP contribution is 2.25. The fourth-order valence-electron chi connectivity index (χ4n) is 3.06. The van der Waals surface area contributed by atoms with Crippen LogP contribution in [-0.2, 0) is 16.0 Å². The summed E-state index contributed by atoms with van der Waals surface area (Å²) in [5, 5.41) is 0.872. The molecule has 2 atom stereocenters. The van der Waals surface area contributed by atoms with E-state index in [0.717, 1.165) is 34.0 Å². The Morgan fingerprint density at radius 1 is 1.44 bits per heavy atom. The van der Waals surface area contributed by atoms with E-state index in [0.29, 0.717) is 18.6 Å². The van der Waals surface area contributed by atoms with Crippen molar-refractivity contribution in [2.75, 3.05) is 12.9 Å². The minimum atomic E-state index is -0.262. The van der Waals surface area contributed by atoms with Gasteiger partial charge in [0, 0.05) is 31.7 Å². The number of Topliss-reactive ketones (excluding diaryl/α,β-unsaturated/α-hetero) is 1. The van der Waals surface area contributed by atoms with Gasteiger partial charge in [-0.3, -0.25) is 19.8 Å². The largest absolute Gasteiger partial charge is 0.377 e. The van der Waals surface area contributed by atoms with Crippen molar-refractivity contribution >= 4 is 28.3 Å². The second-order valence-electron chi connectivity index (χ2n) is 6.73. The van der Waals surface area contributed by atoms with Crippen LogP contribution in [0.2, 0.25) is 0 Å². The number of ether oxygens (including phenoxy) is 1. The Morgan fingerprint density at radius 2 is 2.30 bits per heavy atom. The number of rotatable bonds is 7. The molecule has 2 unspecified atom stereocenters. The van der Waals surface area contributed by atoms with Crippen LogP contribution < -0.4 is 0 Å². The van der Waals surface area contributed by atoms with E-state index in [1.54, 1.807) is 25.1 Å². The minimum absolute atomic E-state index is 0.129. The highest BCUT2D eigenvalue weighted by Gasteiger charge is 2.26. The Kier molecular flexibility index (Phi) is 6.74. The lowest BCUT2D eigenvalue weighted by Crippen LogP contribution is -2.19. The Bertz CT molecular complexity index is 812. The van der Waals surface area contributed by atoms with E-state index in [4.69, 9.17) is 9.73 Å². The number of nitrogens with zero attached hydrogens (tertiary/aromatic N) is 3. The average Bonchev–Trinajstić information content (AvgIpc) is 3.19. The van der Waals surface area contributed by atoms with Crippen LogP contribution >= 0.6 is 11.8 Å². The van der Waals surface area contributed by atoms with Gasteiger partial charge < -0.3 is 4.74 Å². The number of hydrogen-bond donors (Lipinski definition) is 0. The van der Waals surface area contributed by atoms with E-state index in [2.05, 4.69) is 22.1 Å². The molecule has 1 aliphatic heterocycles. The zero-order valence-corrected chi connectivity index (χ0v) is 16.8. The lowest BCUT2D eigenvalue weighted by atomic mass is 10.0. The Labute approximate surface area is 164 Å². The van der Waals surface area contributed by atoms with Crippen molar-refractivity contribution in [3.05, 3.63) is 53.5 Å². The standard InChI is InChI=1S/C21H25N3O2S/c1-14-11-17(26-3)7-8-18(14)23-15(2)21-24-19(13-27-21)20(25)9-6-16-5-4-10-22-12-16/h4-5,8,10-12,17,19H,6-7,9,13H2,1-3H3. The van der Waals surface area contributed by atoms with Crippen LogP contribution in [0.15, 0.2) is 57.9 Å². The SMILES string of the molecule is COC1C=C(C)C(N=C(C)C2=NC(C(=O)CCc3cccnc3)CS2)=CC1. The summed E-state index contributed by atoms with van der Waals surface area (Å²) in [5.74, 6) is 0.887. The van der Waals surface area contributed by atoms with E-state index in [1.807, 2.05) is 32.2 Å². The van der Waals surface area contributed by atoms with Gasteiger partial charge in [-0.15, -0.1) is 11.8 Å². The Hall–Kier alpha value is -2.05. The quantitative estimate of drug-likeness (QED) is 0.672. The molecular weight excluding hydrogens is 358 g/mol. The minimum Gasteiger partial charge on any atom is -0.377 e. The first-order valence-corrected chi connectivity index (χ1v) is 10.1. The van der Waals surface area contributed by atoms with Gasteiger partial charge in [-0.05, 0) is 43.9 Å². The van der Waals surface area contributed by atoms with Crippen molar-refractivity contribution in [1.29, 1.82) is 0 Å². The molecule has 0 aromatic carbocycles. The van der Waals surface area contributed by atoms with Gasteiger partial charge in [-0.1, -0.05) is 18.2 Å². The average molecular weight is 384 g/mol. The summed E-state index contributed by atoms with van der Waals surface area (Å²) in [5.41, 5.74) is 4.03. The molecule has 2 aliphatic rings. The number of thioether (sulfide) groups is 1. The molecule has 0 radical (unpaired) electrons. The third-order valence-corrected chi connectivity index (χ3v) is 5.85. The van der Waals surface area contributed by atoms with Crippen molar-refractivity contribution in [2.45, 2.75) is 45.3 Å². The molecule has 1 aromatic heterocycles. The Balaban J connectivity index is 1.60. The molecule has 1 aromatic rings. The summed E-state index contributed by atoms with van der Waals surface area (Å²) >= 11 is 1.62. The molecule has 0 amide bonds. The first-order chi connectivity index (χ1) is 13.1. The summed E-state index contributed by atoms with van der Waals surface area (Å²) in [6, 6.07) is 3.63. The van der Waals surface area contributed by atoms with Gasteiger partial charge in [0.15, 0.2) is 5.78 Å². The zero-order chi connectivity index (χ0) is 19.2. The maximum absolute atomic E-state index is 12.5. The normalized spacial score (nSPS) is 22.9. The van der Waals surface area contributed by atoms with Crippen LogP contribution in [0.3, 0.4) is 0 Å². The summed E-state index contributed by atoms with van der Waals surface area (Å²) < 4.78 is 5.37. The summed E-state index contributed by atoms with van der Waals surface area (Å²) in [6.07, 6.45) is 9.91. The first kappa shape index (κ1) is 19.7. The first-order valence-electron chi connectivity index (χ1n) is 9.16. The monoisotopic (exact) mass is 383 g/mol. The lowest BCUT2D eigenvalue weighted by Gasteiger charge is -2.16. The van der Waals surface area contributed by atoms with Gasteiger partial charge in [-0.25, -0.2) is 0 Å². The van der Waals surface area contributed by atoms with E-state index >= 15 is 0 Å². The van der Waals surface area contributed by atoms with Gasteiger partial charge in [0.2, 0.25) is 0 Å². The fraction of sp³-hybridized carbons (Fsp3) is 0.429. The molecule has 2 heterocycles. The fourth-order valence-corrected chi connectivity index (χ4v) is 4.10. The highest BCUT2D eigenvalue weighted by atomic mass is 32.2. The van der Waals surface area contributed by atoms with Gasteiger partial charge in [0.1, 0.15) is 11.1 Å². The predicted molar refractivity (Wildman–Crippen MR) is 112 cm³/mol. The van der Waals surface area contributed by atoms with Crippen molar-refractivity contribution < 1.29 is 9.53 Å². The molecule has 142 valence electrons. The molecule has 0 spiro atoms. The van der Waals surface area contributed by atoms with Gasteiger partial charge in [-0.2, -0.15) is 0 Å². The topological polar surface area (TPSA) is 63.9 Å². The number of aryl methyl sites for hydroxylation is 1. The number of carbonyl (C=O) groups is 1. The second-order valence-corrected chi connectivity index (χ2v) is 7.74. The maximum atomic E-state index is 12.5. The van der Waals surface area contributed by atoms with Crippen LogP contribution in [0.1, 0.15) is 32.3 Å². The van der Waals surface area contributed by atoms with Crippen molar-refractivity contribution in [3.63, 3.8) is 0 Å². The number of hydrogen-bond acceptors (Lipinski definition) is 6. The molecule has 0 saturated heterocycles. The van der Waals surface area contributed by atoms with Crippen molar-refractivity contribution in [1.82, 2.24) is 4.98 Å². The lowest BCUT2D eigenvalue weighted by molar-refractivity contribution is -0.119. The number of pyridine rings is 1. The van der Waals surface area contributed by atoms with E-state index in [1.165, 1.54) is 0 Å². The number of allylic oxidation sites excluding steroid dienone is 1. The molecule has 0 N–H and O–H groups in total. The van der Waals surface area contributed by atoms with Gasteiger partial charge in [0.05, 0.1) is 17.5 Å². The van der Waals surface area contributed by atoms with Crippen LogP contribution in [0.4, 0.5) is 0 Å². The van der Waals surface area contributed by atoms with E-state index in [9.17, 15) is 4.79 Å². The predicted octanol–water partition coefficient (Wildman–Crippen LogP) is 3.81. The number of aliphatic imine (C=N–C) groups is 2. The van der Waals surface area contributed by atoms with Crippen molar-refractivity contribution in [3.8, 4) is 0 Å². The molecule has 1 aliphatic carbocycles. The third-order valence-electron chi connectivity index (χ3n) is 4.69. The summed E-state index contributed by atoms with van der Waals surface area (Å²) in [6.45, 7) is 4.01. The maximum Gasteiger partial charge on any atom is 0.158 e. The van der Waals surface area contributed by atoms with Gasteiger partial charge >= 0.3 is 0 Å². The number of carbonyl (C=O) groups excluding carboxylic acids is 1. The molecule has 27 heavy (non-hydrogen) atoms. The molecule has 5 nitrogen and oxygen atoms in total. The molecule has 0 fully saturated rings. The molecular formula is C21H25N3O2S.